The van der Waals surface area contributed by atoms with Gasteiger partial charge in [0.25, 0.3) is 5.52 Å². The van der Waals surface area contributed by atoms with Gasteiger partial charge in [-0.2, -0.15) is 0 Å². The summed E-state index contributed by atoms with van der Waals surface area (Å²) >= 11 is 0. The Morgan fingerprint density at radius 1 is 1.22 bits per heavy atom. The molecule has 0 radical (unpaired) electrons. The van der Waals surface area contributed by atoms with Gasteiger partial charge in [-0.1, -0.05) is 0 Å². The molecule has 0 aromatic carbocycles. The highest BCUT2D eigenvalue weighted by Crippen LogP contribution is 2.36. The van der Waals surface area contributed by atoms with Crippen molar-refractivity contribution in [3.63, 3.8) is 0 Å². The van der Waals surface area contributed by atoms with E-state index in [1.807, 2.05) is 0 Å². The number of ketones is 1. The molecule has 0 aliphatic rings. The third-order valence-corrected chi connectivity index (χ3v) is 2.08. The lowest BCUT2D eigenvalue weighted by Gasteiger charge is -1.98. The molecule has 0 N–H and O–H groups in total. The van der Waals surface area contributed by atoms with Crippen LogP contribution in [0.2, 0.25) is 0 Å². The van der Waals surface area contributed by atoms with E-state index in [1.165, 1.54) is 13.3 Å². The van der Waals surface area contributed by atoms with E-state index in [9.17, 15) is 14.2 Å². The minimum absolute atomic E-state index is 0.622. The van der Waals surface area contributed by atoms with Crippen molar-refractivity contribution in [2.45, 2.75) is 6.92 Å². The quantitative estimate of drug-likeness (QED) is 0.428. The zero-order chi connectivity index (χ0) is 7.65. The summed E-state index contributed by atoms with van der Waals surface area (Å²) in [5, 5.41) is 0. The van der Waals surface area contributed by atoms with Gasteiger partial charge in [0.15, 0.2) is 7.14 Å². The van der Waals surface area contributed by atoms with Gasteiger partial charge in [-0.3, -0.25) is 9.59 Å². The minimum Gasteiger partial charge on any atom is -0.316 e. The molecule has 0 aliphatic heterocycles. The molecule has 0 saturated heterocycles. The lowest BCUT2D eigenvalue weighted by molar-refractivity contribution is -0.130. The highest BCUT2D eigenvalue weighted by molar-refractivity contribution is 7.81. The first-order valence-corrected chi connectivity index (χ1v) is 5.06. The first-order valence-electron chi connectivity index (χ1n) is 2.46. The average molecular weight is 148 g/mol. The van der Waals surface area contributed by atoms with Gasteiger partial charge in [-0.05, 0) is 13.3 Å². The van der Waals surface area contributed by atoms with Gasteiger partial charge in [0.1, 0.15) is 0 Å². The highest BCUT2D eigenvalue weighted by Gasteiger charge is 2.22. The third-order valence-electron chi connectivity index (χ3n) is 0.790. The molecule has 4 heteroatoms. The van der Waals surface area contributed by atoms with Gasteiger partial charge in [0.2, 0.25) is 5.78 Å². The number of rotatable bonds is 2. The molecule has 0 aromatic rings. The normalized spacial score (nSPS) is 11.0. The summed E-state index contributed by atoms with van der Waals surface area (Å²) in [4.78, 5) is 20.8. The van der Waals surface area contributed by atoms with E-state index in [4.69, 9.17) is 0 Å². The van der Waals surface area contributed by atoms with E-state index in [0.717, 1.165) is 6.92 Å². The second-order valence-electron chi connectivity index (χ2n) is 2.21. The summed E-state index contributed by atoms with van der Waals surface area (Å²) in [6.45, 7) is 3.70. The number of carbonyl (C=O) groups is 2. The van der Waals surface area contributed by atoms with Crippen molar-refractivity contribution in [2.75, 3.05) is 13.3 Å². The highest BCUT2D eigenvalue weighted by atomic mass is 31.2. The van der Waals surface area contributed by atoms with E-state index in [1.54, 1.807) is 0 Å². The lowest BCUT2D eigenvalue weighted by atomic mass is 10.5. The molecule has 0 rings (SSSR count). The van der Waals surface area contributed by atoms with Gasteiger partial charge in [0.05, 0.1) is 0 Å². The van der Waals surface area contributed by atoms with Crippen molar-refractivity contribution in [2.24, 2.45) is 0 Å². The van der Waals surface area contributed by atoms with Crippen molar-refractivity contribution in [3.05, 3.63) is 0 Å². The summed E-state index contributed by atoms with van der Waals surface area (Å²) in [6, 6.07) is 0. The minimum atomic E-state index is -2.80. The van der Waals surface area contributed by atoms with Gasteiger partial charge in [0, 0.05) is 6.92 Å². The summed E-state index contributed by atoms with van der Waals surface area (Å²) in [5.41, 5.74) is -0.748. The van der Waals surface area contributed by atoms with E-state index in [-0.39, 0.29) is 0 Å². The summed E-state index contributed by atoms with van der Waals surface area (Å²) in [6.07, 6.45) is 0. The first-order chi connectivity index (χ1) is 3.85. The lowest BCUT2D eigenvalue weighted by Crippen LogP contribution is -2.08. The number of Topliss-reactive ketones (excluding diaryl/α,β-unsaturated/α-hetero) is 1. The molecule has 0 unspecified atom stereocenters. The zero-order valence-corrected chi connectivity index (χ0v) is 6.57. The monoisotopic (exact) mass is 148 g/mol. The van der Waals surface area contributed by atoms with Gasteiger partial charge in [-0.15, -0.1) is 0 Å². The molecule has 0 spiro atoms. The standard InChI is InChI=1S/C5H9O3P/c1-4(6)5(7)9(2,3)8/h1-3H3. The van der Waals surface area contributed by atoms with Crippen LogP contribution >= 0.6 is 7.14 Å². The van der Waals surface area contributed by atoms with Crippen molar-refractivity contribution < 1.29 is 14.2 Å². The Labute approximate surface area is 53.8 Å². The van der Waals surface area contributed by atoms with Crippen LogP contribution < -0.4 is 0 Å². The Morgan fingerprint density at radius 2 is 1.56 bits per heavy atom. The van der Waals surface area contributed by atoms with Gasteiger partial charge in [-0.25, -0.2) is 0 Å². The van der Waals surface area contributed by atoms with Gasteiger partial charge >= 0.3 is 0 Å². The van der Waals surface area contributed by atoms with Crippen LogP contribution in [0.15, 0.2) is 0 Å². The molecule has 0 aliphatic carbocycles. The zero-order valence-electron chi connectivity index (χ0n) is 5.67. The Balaban J connectivity index is 4.43. The predicted octanol–water partition coefficient (Wildman–Crippen LogP) is 0.725. The molecule has 0 fully saturated rings. The van der Waals surface area contributed by atoms with Crippen molar-refractivity contribution in [1.29, 1.82) is 0 Å². The molecular formula is C5H9O3P. The van der Waals surface area contributed by atoms with Crippen LogP contribution in [0.4, 0.5) is 0 Å². The van der Waals surface area contributed by atoms with E-state index >= 15 is 0 Å². The Kier molecular flexibility index (Phi) is 2.32. The average Bonchev–Trinajstić information content (AvgIpc) is 1.62. The Morgan fingerprint density at radius 3 is 1.56 bits per heavy atom. The fourth-order valence-electron chi connectivity index (χ4n) is 0.379. The SMILES string of the molecule is CC(=O)C(=O)P(C)(C)=O. The van der Waals surface area contributed by atoms with Crippen LogP contribution in [0.1, 0.15) is 6.92 Å². The van der Waals surface area contributed by atoms with Crippen LogP contribution in [-0.4, -0.2) is 24.6 Å². The van der Waals surface area contributed by atoms with Crippen LogP contribution in [0, 0.1) is 0 Å². The Hall–Kier alpha value is -0.430. The smallest absolute Gasteiger partial charge is 0.255 e. The molecule has 0 aromatic heterocycles. The summed E-state index contributed by atoms with van der Waals surface area (Å²) in [5.74, 6) is -0.622. The van der Waals surface area contributed by atoms with Gasteiger partial charge < -0.3 is 4.57 Å². The number of hydrogen-bond acceptors (Lipinski definition) is 3. The van der Waals surface area contributed by atoms with Crippen LogP contribution in [0.3, 0.4) is 0 Å². The third kappa shape index (κ3) is 2.56. The fraction of sp³-hybridized carbons (Fsp3) is 0.600. The van der Waals surface area contributed by atoms with E-state index in [2.05, 4.69) is 0 Å². The molecule has 0 bridgehead atoms. The van der Waals surface area contributed by atoms with Crippen molar-refractivity contribution >= 4 is 18.4 Å². The maximum absolute atomic E-state index is 10.8. The molecule has 52 valence electrons. The molecule has 0 amide bonds. The summed E-state index contributed by atoms with van der Waals surface area (Å²) in [7, 11) is -2.80. The van der Waals surface area contributed by atoms with Crippen molar-refractivity contribution in [1.82, 2.24) is 0 Å². The Bertz CT molecular complexity index is 188. The molecule has 0 atom stereocenters. The maximum Gasteiger partial charge on any atom is 0.255 e. The predicted molar refractivity (Wildman–Crippen MR) is 35.1 cm³/mol. The topological polar surface area (TPSA) is 51.2 Å². The fourth-order valence-corrected chi connectivity index (χ4v) is 1.14. The van der Waals surface area contributed by atoms with Crippen LogP contribution in [-0.2, 0) is 14.2 Å². The number of carbonyl (C=O) groups excluding carboxylic acids is 2. The second-order valence-corrected chi connectivity index (χ2v) is 5.32. The molecule has 0 saturated carbocycles. The molecular weight excluding hydrogens is 139 g/mol. The largest absolute Gasteiger partial charge is 0.316 e. The van der Waals surface area contributed by atoms with Crippen molar-refractivity contribution in [3.8, 4) is 0 Å². The second kappa shape index (κ2) is 2.44. The molecule has 3 nitrogen and oxygen atoms in total. The maximum atomic E-state index is 10.8. The van der Waals surface area contributed by atoms with E-state index in [0.29, 0.717) is 0 Å². The summed E-state index contributed by atoms with van der Waals surface area (Å²) < 4.78 is 10.8. The van der Waals surface area contributed by atoms with Crippen LogP contribution in [0.5, 0.6) is 0 Å². The molecule has 0 heterocycles. The van der Waals surface area contributed by atoms with Crippen LogP contribution in [0.25, 0.3) is 0 Å². The first kappa shape index (κ1) is 8.57. The molecule has 9 heavy (non-hydrogen) atoms. The van der Waals surface area contributed by atoms with E-state index < -0.39 is 18.4 Å². The number of hydrogen-bond donors (Lipinski definition) is 0.